The normalized spacial score (nSPS) is 24.7. The average Bonchev–Trinajstić information content (AvgIpc) is 3.09. The van der Waals surface area contributed by atoms with Crippen LogP contribution in [-0.2, 0) is 4.79 Å². The van der Waals surface area contributed by atoms with Crippen LogP contribution >= 0.6 is 0 Å². The van der Waals surface area contributed by atoms with Crippen molar-refractivity contribution in [2.45, 2.75) is 37.9 Å². The lowest BCUT2D eigenvalue weighted by atomic mass is 9.97. The lowest BCUT2D eigenvalue weighted by Gasteiger charge is -2.35. The van der Waals surface area contributed by atoms with E-state index in [2.05, 4.69) is 4.90 Å². The minimum Gasteiger partial charge on any atom is -0.497 e. The Morgan fingerprint density at radius 2 is 1.85 bits per heavy atom. The molecule has 0 aromatic heterocycles. The van der Waals surface area contributed by atoms with E-state index in [4.69, 9.17) is 4.74 Å². The maximum absolute atomic E-state index is 13.0. The molecule has 0 saturated carbocycles. The van der Waals surface area contributed by atoms with Gasteiger partial charge in [0, 0.05) is 19.1 Å². The third-order valence-electron chi connectivity index (χ3n) is 5.44. The molecule has 2 atom stereocenters. The summed E-state index contributed by atoms with van der Waals surface area (Å²) in [7, 11) is 1.61. The molecule has 2 saturated heterocycles. The molecular formula is C19H25F3N2O2. The smallest absolute Gasteiger partial charge is 0.393 e. The Labute approximate surface area is 151 Å². The third kappa shape index (κ3) is 4.31. The quantitative estimate of drug-likeness (QED) is 0.811. The molecule has 2 aliphatic heterocycles. The maximum atomic E-state index is 13.0. The van der Waals surface area contributed by atoms with E-state index in [1.807, 2.05) is 24.3 Å². The molecular weight excluding hydrogens is 345 g/mol. The summed E-state index contributed by atoms with van der Waals surface area (Å²) in [6.07, 6.45) is -1.76. The fourth-order valence-corrected chi connectivity index (χ4v) is 3.96. The molecule has 2 heterocycles. The van der Waals surface area contributed by atoms with Crippen molar-refractivity contribution >= 4 is 5.91 Å². The zero-order valence-electron chi connectivity index (χ0n) is 15.0. The van der Waals surface area contributed by atoms with Crippen molar-refractivity contribution in [1.29, 1.82) is 0 Å². The van der Waals surface area contributed by atoms with Gasteiger partial charge >= 0.3 is 6.18 Å². The summed E-state index contributed by atoms with van der Waals surface area (Å²) in [5.41, 5.74) is 1.11. The van der Waals surface area contributed by atoms with Gasteiger partial charge in [-0.3, -0.25) is 9.69 Å². The minimum absolute atomic E-state index is 0.117. The van der Waals surface area contributed by atoms with Crippen LogP contribution in [0.5, 0.6) is 5.75 Å². The van der Waals surface area contributed by atoms with Crippen molar-refractivity contribution in [2.24, 2.45) is 5.92 Å². The van der Waals surface area contributed by atoms with E-state index in [-0.39, 0.29) is 31.5 Å². The number of likely N-dealkylation sites (tertiary alicyclic amines) is 2. The number of rotatable bonds is 4. The van der Waals surface area contributed by atoms with Crippen LogP contribution in [0.2, 0.25) is 0 Å². The number of carbonyl (C=O) groups excluding carboxylic acids is 1. The molecule has 2 fully saturated rings. The molecule has 144 valence electrons. The second-order valence-electron chi connectivity index (χ2n) is 7.12. The molecule has 1 aromatic rings. The predicted octanol–water partition coefficient (Wildman–Crippen LogP) is 3.63. The van der Waals surface area contributed by atoms with Crippen LogP contribution < -0.4 is 4.74 Å². The van der Waals surface area contributed by atoms with E-state index in [1.165, 1.54) is 4.90 Å². The first kappa shape index (κ1) is 19.0. The molecule has 2 unspecified atom stereocenters. The molecule has 0 bridgehead atoms. The average molecular weight is 370 g/mol. The van der Waals surface area contributed by atoms with E-state index >= 15 is 0 Å². The van der Waals surface area contributed by atoms with Gasteiger partial charge in [0.15, 0.2) is 0 Å². The fraction of sp³-hybridized carbons (Fsp3) is 0.632. The summed E-state index contributed by atoms with van der Waals surface area (Å²) < 4.78 is 44.1. The van der Waals surface area contributed by atoms with E-state index in [9.17, 15) is 18.0 Å². The second-order valence-corrected chi connectivity index (χ2v) is 7.12. The van der Waals surface area contributed by atoms with Crippen molar-refractivity contribution < 1.29 is 22.7 Å². The molecule has 0 spiro atoms. The third-order valence-corrected chi connectivity index (χ3v) is 5.44. The van der Waals surface area contributed by atoms with Crippen LogP contribution in [0, 0.1) is 5.92 Å². The fourth-order valence-electron chi connectivity index (χ4n) is 3.96. The standard InChI is InChI=1S/C19H25F3N2O2/c1-26-16-8-6-14(7-9-16)17-5-3-10-23(17)13-18(25)24-11-2-4-15(12-24)19(20,21)22/h6-9,15,17H,2-5,10-13H2,1H3. The number of ether oxygens (including phenoxy) is 1. The van der Waals surface area contributed by atoms with Crippen LogP contribution in [0.15, 0.2) is 24.3 Å². The van der Waals surface area contributed by atoms with Crippen molar-refractivity contribution in [2.75, 3.05) is 33.3 Å². The number of benzene rings is 1. The van der Waals surface area contributed by atoms with Gasteiger partial charge in [-0.2, -0.15) is 13.2 Å². The lowest BCUT2D eigenvalue weighted by molar-refractivity contribution is -0.188. The van der Waals surface area contributed by atoms with Gasteiger partial charge in [-0.1, -0.05) is 12.1 Å². The number of hydrogen-bond donors (Lipinski definition) is 0. The molecule has 0 N–H and O–H groups in total. The van der Waals surface area contributed by atoms with Gasteiger partial charge in [0.25, 0.3) is 0 Å². The number of nitrogens with zero attached hydrogens (tertiary/aromatic N) is 2. The van der Waals surface area contributed by atoms with Crippen molar-refractivity contribution in [3.63, 3.8) is 0 Å². The Hall–Kier alpha value is -1.76. The van der Waals surface area contributed by atoms with Gasteiger partial charge in [0.1, 0.15) is 5.75 Å². The number of methoxy groups -OCH3 is 1. The van der Waals surface area contributed by atoms with Gasteiger partial charge in [-0.15, -0.1) is 0 Å². The summed E-state index contributed by atoms with van der Waals surface area (Å²) in [5, 5.41) is 0. The van der Waals surface area contributed by atoms with Crippen molar-refractivity contribution in [3.8, 4) is 5.75 Å². The molecule has 1 aromatic carbocycles. The van der Waals surface area contributed by atoms with E-state index < -0.39 is 12.1 Å². The summed E-state index contributed by atoms with van der Waals surface area (Å²) >= 11 is 0. The topological polar surface area (TPSA) is 32.8 Å². The van der Waals surface area contributed by atoms with Crippen LogP contribution in [0.3, 0.4) is 0 Å². The molecule has 7 heteroatoms. The maximum Gasteiger partial charge on any atom is 0.393 e. The minimum atomic E-state index is -4.22. The number of hydrogen-bond acceptors (Lipinski definition) is 3. The van der Waals surface area contributed by atoms with Gasteiger partial charge in [-0.05, 0) is 49.9 Å². The van der Waals surface area contributed by atoms with Crippen LogP contribution in [-0.4, -0.2) is 55.2 Å². The molecule has 4 nitrogen and oxygen atoms in total. The van der Waals surface area contributed by atoms with Crippen molar-refractivity contribution in [1.82, 2.24) is 9.80 Å². The lowest BCUT2D eigenvalue weighted by Crippen LogP contribution is -2.47. The molecule has 1 amide bonds. The highest BCUT2D eigenvalue weighted by Gasteiger charge is 2.43. The molecule has 2 aliphatic rings. The molecule has 26 heavy (non-hydrogen) atoms. The Morgan fingerprint density at radius 3 is 2.50 bits per heavy atom. The number of halogens is 3. The zero-order chi connectivity index (χ0) is 18.7. The highest BCUT2D eigenvalue weighted by Crippen LogP contribution is 2.35. The number of alkyl halides is 3. The van der Waals surface area contributed by atoms with Crippen LogP contribution in [0.1, 0.15) is 37.3 Å². The first-order valence-electron chi connectivity index (χ1n) is 9.11. The number of amides is 1. The largest absolute Gasteiger partial charge is 0.497 e. The van der Waals surface area contributed by atoms with Crippen molar-refractivity contribution in [3.05, 3.63) is 29.8 Å². The Balaban J connectivity index is 1.62. The monoisotopic (exact) mass is 370 g/mol. The highest BCUT2D eigenvalue weighted by molar-refractivity contribution is 5.78. The predicted molar refractivity (Wildman–Crippen MR) is 91.9 cm³/mol. The molecule has 0 radical (unpaired) electrons. The summed E-state index contributed by atoms with van der Waals surface area (Å²) in [6, 6.07) is 7.91. The highest BCUT2D eigenvalue weighted by atomic mass is 19.4. The van der Waals surface area contributed by atoms with Crippen LogP contribution in [0.25, 0.3) is 0 Å². The van der Waals surface area contributed by atoms with E-state index in [0.29, 0.717) is 13.0 Å². The van der Waals surface area contributed by atoms with E-state index in [1.54, 1.807) is 7.11 Å². The van der Waals surface area contributed by atoms with Gasteiger partial charge in [0.2, 0.25) is 5.91 Å². The molecule has 0 aliphatic carbocycles. The summed E-state index contributed by atoms with van der Waals surface area (Å²) in [5.74, 6) is -0.809. The second kappa shape index (κ2) is 7.86. The Morgan fingerprint density at radius 1 is 1.15 bits per heavy atom. The summed E-state index contributed by atoms with van der Waals surface area (Å²) in [6.45, 7) is 1.19. The van der Waals surface area contributed by atoms with Gasteiger partial charge in [0.05, 0.1) is 19.6 Å². The van der Waals surface area contributed by atoms with Crippen LogP contribution in [0.4, 0.5) is 13.2 Å². The first-order valence-corrected chi connectivity index (χ1v) is 9.11. The number of carbonyl (C=O) groups is 1. The number of piperidine rings is 1. The van der Waals surface area contributed by atoms with Gasteiger partial charge < -0.3 is 9.64 Å². The Bertz CT molecular complexity index is 618. The van der Waals surface area contributed by atoms with E-state index in [0.717, 1.165) is 30.7 Å². The summed E-state index contributed by atoms with van der Waals surface area (Å²) in [4.78, 5) is 16.1. The van der Waals surface area contributed by atoms with Gasteiger partial charge in [-0.25, -0.2) is 0 Å². The Kier molecular flexibility index (Phi) is 5.75. The molecule has 3 rings (SSSR count). The SMILES string of the molecule is COc1ccc(C2CCCN2CC(=O)N2CCCC(C(F)(F)F)C2)cc1. The zero-order valence-corrected chi connectivity index (χ0v) is 15.0. The first-order chi connectivity index (χ1) is 12.4.